The average molecular weight is 446 g/mol. The molecule has 1 aliphatic heterocycles. The topological polar surface area (TPSA) is 94.0 Å². The Balaban J connectivity index is 1.46. The summed E-state index contributed by atoms with van der Waals surface area (Å²) in [6.07, 6.45) is 5.51. The van der Waals surface area contributed by atoms with Crippen molar-refractivity contribution in [2.75, 3.05) is 51.0 Å². The first-order valence-electron chi connectivity index (χ1n) is 10.9. The molecule has 0 amide bonds. The van der Waals surface area contributed by atoms with Crippen LogP contribution in [-0.4, -0.2) is 64.7 Å². The summed E-state index contributed by atoms with van der Waals surface area (Å²) in [6, 6.07) is 11.6. The number of hydrogen-bond acceptors (Lipinski definition) is 8. The number of nitrogen functional groups attached to an aromatic ring is 1. The van der Waals surface area contributed by atoms with Gasteiger partial charge in [0.15, 0.2) is 11.5 Å². The minimum Gasteiger partial charge on any atom is -0.493 e. The number of rotatable bonds is 6. The van der Waals surface area contributed by atoms with Gasteiger partial charge in [0, 0.05) is 62.6 Å². The van der Waals surface area contributed by atoms with Crippen LogP contribution in [-0.2, 0) is 6.54 Å². The molecule has 1 saturated heterocycles. The number of piperazine rings is 1. The van der Waals surface area contributed by atoms with Crippen LogP contribution in [0.2, 0.25) is 0 Å². The molecule has 3 aromatic heterocycles. The molecule has 2 N–H and O–H groups in total. The number of benzene rings is 1. The van der Waals surface area contributed by atoms with E-state index in [1.807, 2.05) is 42.6 Å². The molecule has 0 atom stereocenters. The second kappa shape index (κ2) is 8.95. The zero-order valence-corrected chi connectivity index (χ0v) is 18.8. The number of aromatic nitrogens is 4. The lowest BCUT2D eigenvalue weighted by Gasteiger charge is -2.34. The van der Waals surface area contributed by atoms with Gasteiger partial charge in [-0.25, -0.2) is 15.0 Å². The normalized spacial score (nSPS) is 14.5. The Bertz CT molecular complexity index is 1250. The standard InChI is InChI=1S/C24H27N7O2/c1-32-20-6-4-17(14-21(20)33-2)23-19(31-15-18(25)5-7-22(31)28-23)16-29-10-12-30(13-11-29)24-26-8-3-9-27-24/h3-9,14-15H,10-13,16,25H2,1-2H3. The monoisotopic (exact) mass is 445 g/mol. The predicted octanol–water partition coefficient (Wildman–Crippen LogP) is 2.71. The SMILES string of the molecule is COc1ccc(-c2nc3ccc(N)cn3c2CN2CCN(c3ncccn3)CC2)cc1OC. The first-order chi connectivity index (χ1) is 16.2. The first-order valence-corrected chi connectivity index (χ1v) is 10.9. The number of methoxy groups -OCH3 is 2. The van der Waals surface area contributed by atoms with E-state index in [0.29, 0.717) is 17.2 Å². The summed E-state index contributed by atoms with van der Waals surface area (Å²) in [5.74, 6) is 2.15. The van der Waals surface area contributed by atoms with Gasteiger partial charge in [0.1, 0.15) is 5.65 Å². The van der Waals surface area contributed by atoms with Crippen molar-refractivity contribution in [3.05, 3.63) is 60.7 Å². The number of ether oxygens (including phenoxy) is 2. The van der Waals surface area contributed by atoms with Gasteiger partial charge in [-0.3, -0.25) is 4.90 Å². The molecule has 0 spiro atoms. The largest absolute Gasteiger partial charge is 0.493 e. The number of anilines is 2. The van der Waals surface area contributed by atoms with Gasteiger partial charge in [0.05, 0.1) is 25.6 Å². The highest BCUT2D eigenvalue weighted by Gasteiger charge is 2.23. The zero-order chi connectivity index (χ0) is 22.8. The van der Waals surface area contributed by atoms with E-state index < -0.39 is 0 Å². The second-order valence-corrected chi connectivity index (χ2v) is 7.98. The summed E-state index contributed by atoms with van der Waals surface area (Å²) >= 11 is 0. The smallest absolute Gasteiger partial charge is 0.225 e. The molecule has 9 heteroatoms. The Hall–Kier alpha value is -3.85. The molecule has 5 rings (SSSR count). The molecule has 4 aromatic rings. The third kappa shape index (κ3) is 4.14. The Morgan fingerprint density at radius 3 is 2.42 bits per heavy atom. The molecule has 9 nitrogen and oxygen atoms in total. The number of fused-ring (bicyclic) bond motifs is 1. The van der Waals surface area contributed by atoms with Gasteiger partial charge in [-0.05, 0) is 36.4 Å². The van der Waals surface area contributed by atoms with E-state index in [-0.39, 0.29) is 0 Å². The maximum Gasteiger partial charge on any atom is 0.225 e. The molecule has 4 heterocycles. The van der Waals surface area contributed by atoms with Gasteiger partial charge in [-0.15, -0.1) is 0 Å². The summed E-state index contributed by atoms with van der Waals surface area (Å²) in [6.45, 7) is 4.29. The van der Waals surface area contributed by atoms with Gasteiger partial charge in [-0.1, -0.05) is 0 Å². The Kier molecular flexibility index (Phi) is 5.70. The fourth-order valence-corrected chi connectivity index (χ4v) is 4.25. The van der Waals surface area contributed by atoms with Gasteiger partial charge in [0.2, 0.25) is 5.95 Å². The summed E-state index contributed by atoms with van der Waals surface area (Å²) < 4.78 is 13.0. The van der Waals surface area contributed by atoms with Gasteiger partial charge in [-0.2, -0.15) is 0 Å². The molecule has 0 unspecified atom stereocenters. The van der Waals surface area contributed by atoms with Crippen molar-refractivity contribution in [3.8, 4) is 22.8 Å². The van der Waals surface area contributed by atoms with E-state index in [1.165, 1.54) is 0 Å². The number of hydrogen-bond donors (Lipinski definition) is 1. The molecule has 1 aromatic carbocycles. The quantitative estimate of drug-likeness (QED) is 0.484. The van der Waals surface area contributed by atoms with E-state index in [0.717, 1.165) is 61.3 Å². The maximum atomic E-state index is 6.12. The lowest BCUT2D eigenvalue weighted by molar-refractivity contribution is 0.245. The molecular formula is C24H27N7O2. The average Bonchev–Trinajstić information content (AvgIpc) is 3.22. The van der Waals surface area contributed by atoms with Crippen molar-refractivity contribution in [1.29, 1.82) is 0 Å². The van der Waals surface area contributed by atoms with Gasteiger partial charge in [0.25, 0.3) is 0 Å². The van der Waals surface area contributed by atoms with E-state index in [9.17, 15) is 0 Å². The highest BCUT2D eigenvalue weighted by molar-refractivity contribution is 5.70. The summed E-state index contributed by atoms with van der Waals surface area (Å²) in [7, 11) is 3.28. The van der Waals surface area contributed by atoms with Crippen molar-refractivity contribution in [2.45, 2.75) is 6.54 Å². The molecule has 33 heavy (non-hydrogen) atoms. The Morgan fingerprint density at radius 1 is 0.939 bits per heavy atom. The highest BCUT2D eigenvalue weighted by Crippen LogP contribution is 2.34. The number of nitrogens with zero attached hydrogens (tertiary/aromatic N) is 6. The molecule has 1 fully saturated rings. The van der Waals surface area contributed by atoms with Crippen molar-refractivity contribution in [2.24, 2.45) is 0 Å². The molecular weight excluding hydrogens is 418 g/mol. The van der Waals surface area contributed by atoms with Gasteiger partial charge < -0.3 is 24.5 Å². The van der Waals surface area contributed by atoms with Crippen LogP contribution in [0.5, 0.6) is 11.5 Å². The molecule has 0 saturated carbocycles. The molecule has 1 aliphatic rings. The van der Waals surface area contributed by atoms with E-state index in [4.69, 9.17) is 20.2 Å². The summed E-state index contributed by atoms with van der Waals surface area (Å²) in [5, 5.41) is 0. The van der Waals surface area contributed by atoms with Crippen LogP contribution >= 0.6 is 0 Å². The highest BCUT2D eigenvalue weighted by atomic mass is 16.5. The fraction of sp³-hybridized carbons (Fsp3) is 0.292. The molecule has 0 radical (unpaired) electrons. The van der Waals surface area contributed by atoms with Crippen LogP contribution in [0.4, 0.5) is 11.6 Å². The van der Waals surface area contributed by atoms with Crippen molar-refractivity contribution in [3.63, 3.8) is 0 Å². The third-order valence-corrected chi connectivity index (χ3v) is 5.98. The number of nitrogens with two attached hydrogens (primary N) is 1. The van der Waals surface area contributed by atoms with Crippen LogP contribution in [0.3, 0.4) is 0 Å². The lowest BCUT2D eigenvalue weighted by atomic mass is 10.1. The zero-order valence-electron chi connectivity index (χ0n) is 18.8. The number of pyridine rings is 1. The number of imidazole rings is 1. The van der Waals surface area contributed by atoms with Crippen LogP contribution in [0.1, 0.15) is 5.69 Å². The first kappa shape index (κ1) is 21.0. The van der Waals surface area contributed by atoms with Crippen LogP contribution in [0, 0.1) is 0 Å². The lowest BCUT2D eigenvalue weighted by Crippen LogP contribution is -2.46. The van der Waals surface area contributed by atoms with Crippen molar-refractivity contribution < 1.29 is 9.47 Å². The van der Waals surface area contributed by atoms with E-state index >= 15 is 0 Å². The van der Waals surface area contributed by atoms with E-state index in [2.05, 4.69) is 24.2 Å². The fourth-order valence-electron chi connectivity index (χ4n) is 4.25. The van der Waals surface area contributed by atoms with E-state index in [1.54, 1.807) is 26.6 Å². The minimum absolute atomic E-state index is 0.675. The predicted molar refractivity (Wildman–Crippen MR) is 128 cm³/mol. The third-order valence-electron chi connectivity index (χ3n) is 5.98. The summed E-state index contributed by atoms with van der Waals surface area (Å²) in [5.41, 5.74) is 10.7. The summed E-state index contributed by atoms with van der Waals surface area (Å²) in [4.78, 5) is 18.4. The molecule has 170 valence electrons. The molecule has 0 aliphatic carbocycles. The van der Waals surface area contributed by atoms with Crippen molar-refractivity contribution in [1.82, 2.24) is 24.3 Å². The second-order valence-electron chi connectivity index (χ2n) is 7.98. The van der Waals surface area contributed by atoms with Crippen LogP contribution in [0.25, 0.3) is 16.9 Å². The van der Waals surface area contributed by atoms with Crippen molar-refractivity contribution >= 4 is 17.3 Å². The molecule has 0 bridgehead atoms. The minimum atomic E-state index is 0.675. The Labute approximate surface area is 192 Å². The maximum absolute atomic E-state index is 6.12. The van der Waals surface area contributed by atoms with Crippen LogP contribution in [0.15, 0.2) is 55.0 Å². The Morgan fingerprint density at radius 2 is 1.70 bits per heavy atom. The van der Waals surface area contributed by atoms with Crippen LogP contribution < -0.4 is 20.1 Å². The van der Waals surface area contributed by atoms with Gasteiger partial charge >= 0.3 is 0 Å².